The summed E-state index contributed by atoms with van der Waals surface area (Å²) < 4.78 is 0. The van der Waals surface area contributed by atoms with E-state index in [-0.39, 0.29) is 17.7 Å². The zero-order valence-electron chi connectivity index (χ0n) is 12.4. The topological polar surface area (TPSA) is 52.6 Å². The summed E-state index contributed by atoms with van der Waals surface area (Å²) in [7, 11) is 0. The summed E-state index contributed by atoms with van der Waals surface area (Å²) in [4.78, 5) is 14.0. The third kappa shape index (κ3) is 3.73. The third-order valence-electron chi connectivity index (χ3n) is 3.92. The maximum Gasteiger partial charge on any atom is 0.236 e. The molecule has 2 N–H and O–H groups in total. The van der Waals surface area contributed by atoms with Crippen LogP contribution in [0, 0.1) is 6.92 Å². The molecule has 2 rings (SSSR count). The highest BCUT2D eigenvalue weighted by atomic mass is 16.3. The number of phenols is 1. The number of nitrogens with zero attached hydrogens (tertiary/aromatic N) is 1. The van der Waals surface area contributed by atoms with Crippen molar-refractivity contribution in [3.8, 4) is 5.75 Å². The van der Waals surface area contributed by atoms with E-state index >= 15 is 0 Å². The van der Waals surface area contributed by atoms with Gasteiger partial charge in [0.05, 0.1) is 6.54 Å². The van der Waals surface area contributed by atoms with E-state index in [9.17, 15) is 9.90 Å². The van der Waals surface area contributed by atoms with Crippen LogP contribution in [-0.2, 0) is 4.79 Å². The van der Waals surface area contributed by atoms with Gasteiger partial charge in [0, 0.05) is 24.7 Å². The summed E-state index contributed by atoms with van der Waals surface area (Å²) in [6.07, 6.45) is 3.45. The molecule has 20 heavy (non-hydrogen) atoms. The Balaban J connectivity index is 1.89. The molecule has 1 aromatic carbocycles. The van der Waals surface area contributed by atoms with Crippen LogP contribution in [0.3, 0.4) is 0 Å². The SMILES string of the molecule is Cc1ccc(O)c(C(C)NCC(=O)N2CCCCC2)c1. The van der Waals surface area contributed by atoms with Crippen LogP contribution in [-0.4, -0.2) is 35.5 Å². The number of phenolic OH excluding ortho intramolecular Hbond substituents is 1. The van der Waals surface area contributed by atoms with Crippen molar-refractivity contribution < 1.29 is 9.90 Å². The van der Waals surface area contributed by atoms with Gasteiger partial charge in [-0.15, -0.1) is 0 Å². The number of carbonyl (C=O) groups is 1. The van der Waals surface area contributed by atoms with Gasteiger partial charge < -0.3 is 15.3 Å². The van der Waals surface area contributed by atoms with Gasteiger partial charge in [-0.1, -0.05) is 17.7 Å². The molecule has 0 spiro atoms. The Hall–Kier alpha value is -1.55. The van der Waals surface area contributed by atoms with Crippen molar-refractivity contribution >= 4 is 5.91 Å². The van der Waals surface area contributed by atoms with E-state index in [0.29, 0.717) is 6.54 Å². The Morgan fingerprint density at radius 1 is 1.35 bits per heavy atom. The molecule has 0 aromatic heterocycles. The average Bonchev–Trinajstić information content (AvgIpc) is 2.47. The molecule has 1 aliphatic heterocycles. The maximum atomic E-state index is 12.1. The number of carbonyl (C=O) groups excluding carboxylic acids is 1. The normalized spacial score (nSPS) is 17.0. The predicted octanol–water partition coefficient (Wildman–Crippen LogP) is 2.36. The van der Waals surface area contributed by atoms with E-state index in [1.165, 1.54) is 6.42 Å². The number of nitrogens with one attached hydrogen (secondary N) is 1. The highest BCUT2D eigenvalue weighted by Gasteiger charge is 2.17. The molecule has 1 heterocycles. The minimum Gasteiger partial charge on any atom is -0.508 e. The van der Waals surface area contributed by atoms with E-state index in [1.807, 2.05) is 30.9 Å². The first-order chi connectivity index (χ1) is 9.58. The summed E-state index contributed by atoms with van der Waals surface area (Å²) in [6.45, 7) is 6.05. The van der Waals surface area contributed by atoms with Crippen molar-refractivity contribution in [3.05, 3.63) is 29.3 Å². The summed E-state index contributed by atoms with van der Waals surface area (Å²) >= 11 is 0. The smallest absolute Gasteiger partial charge is 0.236 e. The van der Waals surface area contributed by atoms with Crippen LogP contribution in [0.2, 0.25) is 0 Å². The van der Waals surface area contributed by atoms with Crippen molar-refractivity contribution in [3.63, 3.8) is 0 Å². The van der Waals surface area contributed by atoms with Gasteiger partial charge in [0.2, 0.25) is 5.91 Å². The van der Waals surface area contributed by atoms with Crippen LogP contribution in [0.5, 0.6) is 5.75 Å². The van der Waals surface area contributed by atoms with Gasteiger partial charge in [-0.25, -0.2) is 0 Å². The second-order valence-corrected chi connectivity index (χ2v) is 5.61. The number of piperidine rings is 1. The Kier molecular flexibility index (Phi) is 5.01. The third-order valence-corrected chi connectivity index (χ3v) is 3.92. The van der Waals surface area contributed by atoms with Gasteiger partial charge in [0.1, 0.15) is 5.75 Å². The lowest BCUT2D eigenvalue weighted by atomic mass is 10.0. The van der Waals surface area contributed by atoms with Gasteiger partial charge >= 0.3 is 0 Å². The molecule has 0 saturated carbocycles. The van der Waals surface area contributed by atoms with Crippen molar-refractivity contribution in [1.82, 2.24) is 10.2 Å². The second kappa shape index (κ2) is 6.75. The molecule has 1 aromatic rings. The summed E-state index contributed by atoms with van der Waals surface area (Å²) in [5.41, 5.74) is 1.95. The number of hydrogen-bond acceptors (Lipinski definition) is 3. The molecule has 1 aliphatic rings. The summed E-state index contributed by atoms with van der Waals surface area (Å²) in [6, 6.07) is 5.50. The number of hydrogen-bond donors (Lipinski definition) is 2. The van der Waals surface area contributed by atoms with Gasteiger partial charge in [-0.05, 0) is 39.2 Å². The average molecular weight is 276 g/mol. The van der Waals surface area contributed by atoms with Crippen LogP contribution in [0.25, 0.3) is 0 Å². The standard InChI is InChI=1S/C16H24N2O2/c1-12-6-7-15(19)14(10-12)13(2)17-11-16(20)18-8-4-3-5-9-18/h6-7,10,13,17,19H,3-5,8-9,11H2,1-2H3. The second-order valence-electron chi connectivity index (χ2n) is 5.61. The molecule has 1 unspecified atom stereocenters. The molecule has 0 aliphatic carbocycles. The lowest BCUT2D eigenvalue weighted by Crippen LogP contribution is -2.41. The fourth-order valence-electron chi connectivity index (χ4n) is 2.63. The first-order valence-electron chi connectivity index (χ1n) is 7.38. The van der Waals surface area contributed by atoms with Crippen molar-refractivity contribution in [2.75, 3.05) is 19.6 Å². The van der Waals surface area contributed by atoms with E-state index < -0.39 is 0 Å². The van der Waals surface area contributed by atoms with Crippen molar-refractivity contribution in [2.45, 2.75) is 39.2 Å². The molecule has 1 saturated heterocycles. The van der Waals surface area contributed by atoms with Gasteiger partial charge in [-0.2, -0.15) is 0 Å². The number of rotatable bonds is 4. The number of likely N-dealkylation sites (tertiary alicyclic amines) is 1. The van der Waals surface area contributed by atoms with E-state index in [1.54, 1.807) is 6.07 Å². The van der Waals surface area contributed by atoms with E-state index in [2.05, 4.69) is 5.32 Å². The molecule has 4 heteroatoms. The Labute approximate surface area is 120 Å². The number of aryl methyl sites for hydroxylation is 1. The molecule has 110 valence electrons. The minimum absolute atomic E-state index is 0.0383. The van der Waals surface area contributed by atoms with Crippen LogP contribution < -0.4 is 5.32 Å². The fourth-order valence-corrected chi connectivity index (χ4v) is 2.63. The fraction of sp³-hybridized carbons (Fsp3) is 0.562. The lowest BCUT2D eigenvalue weighted by molar-refractivity contribution is -0.131. The zero-order chi connectivity index (χ0) is 14.5. The summed E-state index contributed by atoms with van der Waals surface area (Å²) in [5, 5.41) is 13.1. The highest BCUT2D eigenvalue weighted by Crippen LogP contribution is 2.24. The first-order valence-corrected chi connectivity index (χ1v) is 7.38. The Morgan fingerprint density at radius 3 is 2.75 bits per heavy atom. The van der Waals surface area contributed by atoms with Gasteiger partial charge in [0.15, 0.2) is 0 Å². The zero-order valence-corrected chi connectivity index (χ0v) is 12.4. The molecule has 0 radical (unpaired) electrons. The minimum atomic E-state index is -0.0383. The molecule has 4 nitrogen and oxygen atoms in total. The number of amides is 1. The quantitative estimate of drug-likeness (QED) is 0.887. The van der Waals surface area contributed by atoms with Crippen molar-refractivity contribution in [2.24, 2.45) is 0 Å². The van der Waals surface area contributed by atoms with Crippen LogP contribution in [0.15, 0.2) is 18.2 Å². The van der Waals surface area contributed by atoms with Crippen LogP contribution in [0.4, 0.5) is 0 Å². The molecule has 0 bridgehead atoms. The summed E-state index contributed by atoms with van der Waals surface area (Å²) in [5.74, 6) is 0.435. The molecule has 1 fully saturated rings. The number of aromatic hydroxyl groups is 1. The van der Waals surface area contributed by atoms with Crippen LogP contribution >= 0.6 is 0 Å². The largest absolute Gasteiger partial charge is 0.508 e. The predicted molar refractivity (Wildman–Crippen MR) is 79.7 cm³/mol. The molecule has 1 amide bonds. The van der Waals surface area contributed by atoms with Gasteiger partial charge in [0.25, 0.3) is 0 Å². The highest BCUT2D eigenvalue weighted by molar-refractivity contribution is 5.78. The first kappa shape index (κ1) is 14.9. The maximum absolute atomic E-state index is 12.1. The molecular formula is C16H24N2O2. The lowest BCUT2D eigenvalue weighted by Gasteiger charge is -2.27. The Morgan fingerprint density at radius 2 is 2.05 bits per heavy atom. The molecule has 1 atom stereocenters. The monoisotopic (exact) mass is 276 g/mol. The van der Waals surface area contributed by atoms with Crippen molar-refractivity contribution in [1.29, 1.82) is 0 Å². The van der Waals surface area contributed by atoms with E-state index in [0.717, 1.165) is 37.1 Å². The van der Waals surface area contributed by atoms with Gasteiger partial charge in [-0.3, -0.25) is 4.79 Å². The van der Waals surface area contributed by atoms with E-state index in [4.69, 9.17) is 0 Å². The molecular weight excluding hydrogens is 252 g/mol. The van der Waals surface area contributed by atoms with Crippen LogP contribution in [0.1, 0.15) is 43.4 Å². The Bertz CT molecular complexity index is 468. The number of benzene rings is 1.